The van der Waals surface area contributed by atoms with Crippen LogP contribution in [0, 0.1) is 0 Å². The molecule has 1 N–H and O–H groups in total. The van der Waals surface area contributed by atoms with Crippen molar-refractivity contribution in [3.05, 3.63) is 35.9 Å². The molecule has 2 amide bonds. The van der Waals surface area contributed by atoms with E-state index in [2.05, 4.69) is 5.32 Å². The first-order valence-electron chi connectivity index (χ1n) is 6.44. The molecule has 0 saturated carbocycles. The van der Waals surface area contributed by atoms with Crippen molar-refractivity contribution < 1.29 is 14.3 Å². The van der Waals surface area contributed by atoms with Gasteiger partial charge in [-0.05, 0) is 12.0 Å². The maximum absolute atomic E-state index is 11.8. The summed E-state index contributed by atoms with van der Waals surface area (Å²) in [6.07, 6.45) is 1.07. The highest BCUT2D eigenvalue weighted by Gasteiger charge is 2.49. The van der Waals surface area contributed by atoms with E-state index in [1.54, 1.807) is 4.90 Å². The Morgan fingerprint density at radius 1 is 1.32 bits per heavy atom. The SMILES string of the molecule is O=C1CCC2(CN(C(=O)OCc3ccccc3)C2)N1. The normalized spacial score (nSPS) is 20.0. The van der Waals surface area contributed by atoms with Gasteiger partial charge in [-0.3, -0.25) is 4.79 Å². The maximum atomic E-state index is 11.8. The number of hydrogen-bond acceptors (Lipinski definition) is 3. The fourth-order valence-electron chi connectivity index (χ4n) is 2.63. The number of nitrogens with zero attached hydrogens (tertiary/aromatic N) is 1. The Labute approximate surface area is 111 Å². The number of carbonyl (C=O) groups excluding carboxylic acids is 2. The Morgan fingerprint density at radius 2 is 2.05 bits per heavy atom. The molecule has 2 aliphatic rings. The zero-order valence-corrected chi connectivity index (χ0v) is 10.6. The number of ether oxygens (including phenoxy) is 1. The molecule has 0 aliphatic carbocycles. The first-order chi connectivity index (χ1) is 9.17. The summed E-state index contributed by atoms with van der Waals surface area (Å²) in [6, 6.07) is 9.59. The van der Waals surface area contributed by atoms with Gasteiger partial charge >= 0.3 is 6.09 Å². The first kappa shape index (κ1) is 12.0. The van der Waals surface area contributed by atoms with E-state index in [-0.39, 0.29) is 24.1 Å². The maximum Gasteiger partial charge on any atom is 0.410 e. The first-order valence-corrected chi connectivity index (χ1v) is 6.44. The molecule has 19 heavy (non-hydrogen) atoms. The third-order valence-electron chi connectivity index (χ3n) is 3.69. The third kappa shape index (κ3) is 2.41. The summed E-state index contributed by atoms with van der Waals surface area (Å²) in [5.41, 5.74) is 0.795. The van der Waals surface area contributed by atoms with E-state index in [1.807, 2.05) is 30.3 Å². The van der Waals surface area contributed by atoms with Crippen LogP contribution >= 0.6 is 0 Å². The highest BCUT2D eigenvalue weighted by molar-refractivity contribution is 5.81. The van der Waals surface area contributed by atoms with E-state index < -0.39 is 0 Å². The highest BCUT2D eigenvalue weighted by Crippen LogP contribution is 2.30. The van der Waals surface area contributed by atoms with Crippen LogP contribution in [0.25, 0.3) is 0 Å². The minimum atomic E-state index is -0.310. The van der Waals surface area contributed by atoms with Gasteiger partial charge in [-0.1, -0.05) is 30.3 Å². The van der Waals surface area contributed by atoms with E-state index in [4.69, 9.17) is 4.74 Å². The average molecular weight is 260 g/mol. The van der Waals surface area contributed by atoms with Crippen LogP contribution in [0.5, 0.6) is 0 Å². The van der Waals surface area contributed by atoms with E-state index in [0.717, 1.165) is 12.0 Å². The molecule has 1 aromatic rings. The van der Waals surface area contributed by atoms with Gasteiger partial charge in [-0.15, -0.1) is 0 Å². The third-order valence-corrected chi connectivity index (χ3v) is 3.69. The Morgan fingerprint density at radius 3 is 2.68 bits per heavy atom. The van der Waals surface area contributed by atoms with Crippen LogP contribution in [0.1, 0.15) is 18.4 Å². The van der Waals surface area contributed by atoms with Crippen molar-refractivity contribution in [2.24, 2.45) is 0 Å². The van der Waals surface area contributed by atoms with Crippen LogP contribution in [0.2, 0.25) is 0 Å². The zero-order valence-electron chi connectivity index (χ0n) is 10.6. The second kappa shape index (κ2) is 4.57. The molecule has 0 atom stereocenters. The number of likely N-dealkylation sites (tertiary alicyclic amines) is 1. The molecule has 5 nitrogen and oxygen atoms in total. The topological polar surface area (TPSA) is 58.6 Å². The summed E-state index contributed by atoms with van der Waals surface area (Å²) in [5.74, 6) is 0.0808. The number of carbonyl (C=O) groups is 2. The lowest BCUT2D eigenvalue weighted by Gasteiger charge is -2.46. The summed E-state index contributed by atoms with van der Waals surface area (Å²) in [5, 5.41) is 2.94. The Balaban J connectivity index is 1.47. The smallest absolute Gasteiger partial charge is 0.410 e. The molecule has 0 bridgehead atoms. The molecule has 0 unspecified atom stereocenters. The van der Waals surface area contributed by atoms with Gasteiger partial charge in [0, 0.05) is 19.5 Å². The Hall–Kier alpha value is -2.04. The van der Waals surface area contributed by atoms with E-state index in [0.29, 0.717) is 19.5 Å². The lowest BCUT2D eigenvalue weighted by molar-refractivity contribution is -0.120. The fraction of sp³-hybridized carbons (Fsp3) is 0.429. The second-order valence-corrected chi connectivity index (χ2v) is 5.22. The van der Waals surface area contributed by atoms with Gasteiger partial charge in [0.2, 0.25) is 5.91 Å². The van der Waals surface area contributed by atoms with Gasteiger partial charge in [-0.2, -0.15) is 0 Å². The van der Waals surface area contributed by atoms with E-state index in [9.17, 15) is 9.59 Å². The fourth-order valence-corrected chi connectivity index (χ4v) is 2.63. The molecule has 100 valence electrons. The monoisotopic (exact) mass is 260 g/mol. The van der Waals surface area contributed by atoms with E-state index >= 15 is 0 Å². The van der Waals surface area contributed by atoms with Gasteiger partial charge in [-0.25, -0.2) is 4.79 Å². The predicted molar refractivity (Wildman–Crippen MR) is 68.3 cm³/mol. The molecule has 3 rings (SSSR count). The van der Waals surface area contributed by atoms with Crippen molar-refractivity contribution in [2.45, 2.75) is 25.0 Å². The molecule has 1 spiro atoms. The summed E-state index contributed by atoms with van der Waals surface area (Å²) >= 11 is 0. The number of rotatable bonds is 2. The molecule has 5 heteroatoms. The zero-order chi connectivity index (χ0) is 13.3. The van der Waals surface area contributed by atoms with Gasteiger partial charge in [0.25, 0.3) is 0 Å². The Bertz CT molecular complexity index is 495. The van der Waals surface area contributed by atoms with Crippen molar-refractivity contribution >= 4 is 12.0 Å². The minimum absolute atomic E-state index is 0.0808. The van der Waals surface area contributed by atoms with Gasteiger partial charge < -0.3 is 15.0 Å². The molecule has 2 aliphatic heterocycles. The van der Waals surface area contributed by atoms with Gasteiger partial charge in [0.15, 0.2) is 0 Å². The predicted octanol–water partition coefficient (Wildman–Crippen LogP) is 1.29. The lowest BCUT2D eigenvalue weighted by Crippen LogP contribution is -2.68. The molecule has 2 heterocycles. The number of hydrogen-bond donors (Lipinski definition) is 1. The summed E-state index contributed by atoms with van der Waals surface area (Å²) in [4.78, 5) is 24.6. The standard InChI is InChI=1S/C14H16N2O3/c17-12-6-7-14(15-12)9-16(10-14)13(18)19-8-11-4-2-1-3-5-11/h1-5H,6-10H2,(H,15,17). The number of amides is 2. The van der Waals surface area contributed by atoms with Crippen molar-refractivity contribution in [3.63, 3.8) is 0 Å². The molecule has 2 saturated heterocycles. The number of benzene rings is 1. The average Bonchev–Trinajstić information content (AvgIpc) is 2.78. The molecular formula is C14H16N2O3. The van der Waals surface area contributed by atoms with Gasteiger partial charge in [0.1, 0.15) is 6.61 Å². The largest absolute Gasteiger partial charge is 0.445 e. The minimum Gasteiger partial charge on any atom is -0.445 e. The van der Waals surface area contributed by atoms with Crippen LogP contribution in [0.3, 0.4) is 0 Å². The van der Waals surface area contributed by atoms with Crippen molar-refractivity contribution in [1.29, 1.82) is 0 Å². The van der Waals surface area contributed by atoms with Crippen LogP contribution < -0.4 is 5.32 Å². The molecule has 0 radical (unpaired) electrons. The number of nitrogens with one attached hydrogen (secondary N) is 1. The second-order valence-electron chi connectivity index (χ2n) is 5.22. The van der Waals surface area contributed by atoms with Crippen molar-refractivity contribution in [1.82, 2.24) is 10.2 Å². The molecule has 2 fully saturated rings. The highest BCUT2D eigenvalue weighted by atomic mass is 16.6. The molecular weight excluding hydrogens is 244 g/mol. The summed E-state index contributed by atoms with van der Waals surface area (Å²) in [6.45, 7) is 1.41. The van der Waals surface area contributed by atoms with Crippen molar-refractivity contribution in [3.8, 4) is 0 Å². The Kier molecular flexibility index (Phi) is 2.89. The van der Waals surface area contributed by atoms with E-state index in [1.165, 1.54) is 0 Å². The van der Waals surface area contributed by atoms with Crippen LogP contribution in [-0.2, 0) is 16.1 Å². The van der Waals surface area contributed by atoms with Crippen molar-refractivity contribution in [2.75, 3.05) is 13.1 Å². The van der Waals surface area contributed by atoms with Crippen LogP contribution in [0.4, 0.5) is 4.79 Å². The van der Waals surface area contributed by atoms with Crippen LogP contribution in [-0.4, -0.2) is 35.5 Å². The van der Waals surface area contributed by atoms with Crippen LogP contribution in [0.15, 0.2) is 30.3 Å². The molecule has 0 aromatic heterocycles. The van der Waals surface area contributed by atoms with Gasteiger partial charge in [0.05, 0.1) is 5.54 Å². The molecule has 1 aromatic carbocycles. The summed E-state index contributed by atoms with van der Waals surface area (Å²) in [7, 11) is 0. The quantitative estimate of drug-likeness (QED) is 0.871. The lowest BCUT2D eigenvalue weighted by atomic mass is 9.89. The summed E-state index contributed by atoms with van der Waals surface area (Å²) < 4.78 is 5.24.